The first-order chi connectivity index (χ1) is 8.90. The molecule has 19 heavy (non-hydrogen) atoms. The van der Waals surface area contributed by atoms with Gasteiger partial charge in [0, 0.05) is 6.42 Å². The Labute approximate surface area is 107 Å². The Hall–Kier alpha value is -1.82. The summed E-state index contributed by atoms with van der Waals surface area (Å²) in [6.07, 6.45) is -4.20. The molecule has 0 amide bonds. The molecular weight excluding hydrogens is 259 g/mol. The van der Waals surface area contributed by atoms with Crippen LogP contribution >= 0.6 is 0 Å². The molecule has 1 aromatic heterocycles. The molecule has 0 aliphatic carbocycles. The third-order valence-corrected chi connectivity index (χ3v) is 2.70. The number of oxazole rings is 1. The summed E-state index contributed by atoms with van der Waals surface area (Å²) in [6.45, 7) is 1.39. The average Bonchev–Trinajstić information content (AvgIpc) is 2.68. The van der Waals surface area contributed by atoms with Crippen LogP contribution in [0.15, 0.2) is 28.7 Å². The van der Waals surface area contributed by atoms with Crippen molar-refractivity contribution in [2.75, 3.05) is 0 Å². The topological polar surface area (TPSA) is 46.3 Å². The second kappa shape index (κ2) is 5.05. The van der Waals surface area contributed by atoms with Crippen molar-refractivity contribution in [2.45, 2.75) is 26.1 Å². The fourth-order valence-electron chi connectivity index (χ4n) is 1.74. The van der Waals surface area contributed by atoms with Crippen LogP contribution in [0.3, 0.4) is 0 Å². The van der Waals surface area contributed by atoms with E-state index in [0.717, 1.165) is 12.1 Å². The van der Waals surface area contributed by atoms with Crippen LogP contribution in [-0.4, -0.2) is 10.1 Å². The number of aryl methyl sites for hydroxylation is 1. The molecule has 2 rings (SSSR count). The lowest BCUT2D eigenvalue weighted by molar-refractivity contribution is -0.137. The van der Waals surface area contributed by atoms with Crippen LogP contribution in [0.25, 0.3) is 0 Å². The number of nitrogens with zero attached hydrogens (tertiary/aromatic N) is 1. The molecule has 102 valence electrons. The molecular formula is C13H12F3NO2. The van der Waals surface area contributed by atoms with E-state index in [-0.39, 0.29) is 13.0 Å². The lowest BCUT2D eigenvalue weighted by Gasteiger charge is -2.07. The number of halogens is 3. The molecule has 0 spiro atoms. The third-order valence-electron chi connectivity index (χ3n) is 2.70. The molecule has 0 aliphatic rings. The molecule has 0 radical (unpaired) electrons. The van der Waals surface area contributed by atoms with Crippen LogP contribution in [0.5, 0.6) is 0 Å². The monoisotopic (exact) mass is 271 g/mol. The van der Waals surface area contributed by atoms with Crippen LogP contribution in [-0.2, 0) is 19.2 Å². The second-order valence-electron chi connectivity index (χ2n) is 4.14. The first kappa shape index (κ1) is 13.6. The van der Waals surface area contributed by atoms with Gasteiger partial charge in [0.15, 0.2) is 5.89 Å². The zero-order valence-corrected chi connectivity index (χ0v) is 10.2. The molecule has 0 bridgehead atoms. The fourth-order valence-corrected chi connectivity index (χ4v) is 1.74. The van der Waals surface area contributed by atoms with Gasteiger partial charge in [-0.25, -0.2) is 4.98 Å². The second-order valence-corrected chi connectivity index (χ2v) is 4.14. The summed E-state index contributed by atoms with van der Waals surface area (Å²) in [4.78, 5) is 4.02. The van der Waals surface area contributed by atoms with Crippen molar-refractivity contribution in [3.05, 3.63) is 52.7 Å². The zero-order chi connectivity index (χ0) is 14.0. The van der Waals surface area contributed by atoms with E-state index >= 15 is 0 Å². The number of rotatable bonds is 3. The van der Waals surface area contributed by atoms with E-state index in [1.54, 1.807) is 13.0 Å². The highest BCUT2D eigenvalue weighted by molar-refractivity contribution is 5.27. The van der Waals surface area contributed by atoms with E-state index in [0.29, 0.717) is 22.9 Å². The van der Waals surface area contributed by atoms with Gasteiger partial charge in [-0.2, -0.15) is 13.2 Å². The van der Waals surface area contributed by atoms with Gasteiger partial charge in [-0.1, -0.05) is 18.2 Å². The van der Waals surface area contributed by atoms with Crippen LogP contribution in [0.1, 0.15) is 28.5 Å². The maximum absolute atomic E-state index is 12.6. The molecule has 2 aromatic rings. The lowest BCUT2D eigenvalue weighted by Crippen LogP contribution is -2.05. The maximum Gasteiger partial charge on any atom is 0.416 e. The Morgan fingerprint density at radius 3 is 2.63 bits per heavy atom. The minimum Gasteiger partial charge on any atom is -0.445 e. The Morgan fingerprint density at radius 1 is 1.32 bits per heavy atom. The van der Waals surface area contributed by atoms with Crippen LogP contribution in [0, 0.1) is 6.92 Å². The predicted octanol–water partition coefficient (Wildman–Crippen LogP) is 3.08. The van der Waals surface area contributed by atoms with Crippen molar-refractivity contribution < 1.29 is 22.7 Å². The molecule has 6 heteroatoms. The summed E-state index contributed by atoms with van der Waals surface area (Å²) in [5.74, 6) is 0.769. The van der Waals surface area contributed by atoms with Crippen LogP contribution in [0.2, 0.25) is 0 Å². The Kier molecular flexibility index (Phi) is 3.61. The summed E-state index contributed by atoms with van der Waals surface area (Å²) in [7, 11) is 0. The number of alkyl halides is 3. The molecule has 0 aliphatic heterocycles. The van der Waals surface area contributed by atoms with Gasteiger partial charge in [0.2, 0.25) is 0 Å². The van der Waals surface area contributed by atoms with Crippen molar-refractivity contribution in [2.24, 2.45) is 0 Å². The normalized spacial score (nSPS) is 11.8. The highest BCUT2D eigenvalue weighted by Gasteiger charge is 2.30. The Bertz CT molecular complexity index is 576. The number of benzene rings is 1. The minimum absolute atomic E-state index is 0.157. The van der Waals surface area contributed by atoms with Gasteiger partial charge < -0.3 is 9.52 Å². The van der Waals surface area contributed by atoms with E-state index < -0.39 is 11.7 Å². The Morgan fingerprint density at radius 2 is 2.05 bits per heavy atom. The van der Waals surface area contributed by atoms with E-state index in [1.807, 2.05) is 0 Å². The first-order valence-electron chi connectivity index (χ1n) is 5.62. The molecule has 0 fully saturated rings. The number of aliphatic hydroxyl groups excluding tert-OH is 1. The van der Waals surface area contributed by atoms with E-state index in [4.69, 9.17) is 9.52 Å². The predicted molar refractivity (Wildman–Crippen MR) is 61.4 cm³/mol. The first-order valence-corrected chi connectivity index (χ1v) is 5.62. The lowest BCUT2D eigenvalue weighted by atomic mass is 10.1. The molecule has 3 nitrogen and oxygen atoms in total. The SMILES string of the molecule is Cc1oc(Cc2cccc(C(F)(F)F)c2)nc1CO. The fraction of sp³-hybridized carbons (Fsp3) is 0.308. The number of hydrogen-bond donors (Lipinski definition) is 1. The number of aliphatic hydroxyl groups is 1. The van der Waals surface area contributed by atoms with Crippen molar-refractivity contribution in [1.29, 1.82) is 0 Å². The highest BCUT2D eigenvalue weighted by atomic mass is 19.4. The van der Waals surface area contributed by atoms with Gasteiger partial charge in [0.1, 0.15) is 11.5 Å². The molecule has 1 aromatic carbocycles. The number of aromatic nitrogens is 1. The summed E-state index contributed by atoms with van der Waals surface area (Å²) in [5, 5.41) is 8.98. The number of hydrogen-bond acceptors (Lipinski definition) is 3. The van der Waals surface area contributed by atoms with Gasteiger partial charge in [-0.15, -0.1) is 0 Å². The summed E-state index contributed by atoms with van der Waals surface area (Å²) in [5.41, 5.74) is 0.165. The molecule has 1 heterocycles. The molecule has 0 saturated carbocycles. The van der Waals surface area contributed by atoms with Crippen molar-refractivity contribution in [3.63, 3.8) is 0 Å². The standard InChI is InChI=1S/C13H12F3NO2/c1-8-11(7-18)17-12(19-8)6-9-3-2-4-10(5-9)13(14,15)16/h2-5,18H,6-7H2,1H3. The summed E-state index contributed by atoms with van der Waals surface area (Å²) in [6, 6.07) is 5.01. The molecule has 0 saturated heterocycles. The van der Waals surface area contributed by atoms with Crippen LogP contribution < -0.4 is 0 Å². The van der Waals surface area contributed by atoms with E-state index in [1.165, 1.54) is 6.07 Å². The van der Waals surface area contributed by atoms with Crippen molar-refractivity contribution >= 4 is 0 Å². The van der Waals surface area contributed by atoms with Crippen molar-refractivity contribution in [1.82, 2.24) is 4.98 Å². The van der Waals surface area contributed by atoms with Gasteiger partial charge in [0.25, 0.3) is 0 Å². The van der Waals surface area contributed by atoms with Gasteiger partial charge >= 0.3 is 6.18 Å². The smallest absolute Gasteiger partial charge is 0.416 e. The van der Waals surface area contributed by atoms with Gasteiger partial charge in [-0.05, 0) is 18.6 Å². The van der Waals surface area contributed by atoms with Gasteiger partial charge in [-0.3, -0.25) is 0 Å². The van der Waals surface area contributed by atoms with E-state index in [9.17, 15) is 13.2 Å². The minimum atomic E-state index is -4.36. The maximum atomic E-state index is 12.6. The van der Waals surface area contributed by atoms with Gasteiger partial charge in [0.05, 0.1) is 12.2 Å². The Balaban J connectivity index is 2.23. The summed E-state index contributed by atoms with van der Waals surface area (Å²) >= 11 is 0. The highest BCUT2D eigenvalue weighted by Crippen LogP contribution is 2.30. The zero-order valence-electron chi connectivity index (χ0n) is 10.2. The van der Waals surface area contributed by atoms with Crippen molar-refractivity contribution in [3.8, 4) is 0 Å². The molecule has 0 unspecified atom stereocenters. The average molecular weight is 271 g/mol. The third kappa shape index (κ3) is 3.14. The van der Waals surface area contributed by atoms with E-state index in [2.05, 4.69) is 4.98 Å². The molecule has 0 atom stereocenters. The quantitative estimate of drug-likeness (QED) is 0.933. The molecule has 1 N–H and O–H groups in total. The summed E-state index contributed by atoms with van der Waals surface area (Å²) < 4.78 is 43.0. The van der Waals surface area contributed by atoms with Crippen LogP contribution in [0.4, 0.5) is 13.2 Å². The largest absolute Gasteiger partial charge is 0.445 e.